The van der Waals surface area contributed by atoms with Gasteiger partial charge in [0.2, 0.25) is 0 Å². The van der Waals surface area contributed by atoms with Crippen molar-refractivity contribution < 1.29 is 32.7 Å². The molecular weight excluding hydrogens is 568 g/mol. The van der Waals surface area contributed by atoms with Gasteiger partial charge >= 0.3 is 12.1 Å². The Bertz CT molecular complexity index is 1450. The molecule has 2 N–H and O–H groups in total. The minimum atomic E-state index is -4.53. The number of carboxylic acid groups (broad SMARTS) is 1. The number of amides is 2. The van der Waals surface area contributed by atoms with E-state index < -0.39 is 35.6 Å². The van der Waals surface area contributed by atoms with Gasteiger partial charge in [0.1, 0.15) is 6.04 Å². The predicted octanol–water partition coefficient (Wildman–Crippen LogP) is 6.37. The molecule has 0 saturated carbocycles. The summed E-state index contributed by atoms with van der Waals surface area (Å²) >= 11 is 12.1. The molecule has 1 aliphatic rings. The molecule has 2 amide bonds. The van der Waals surface area contributed by atoms with Gasteiger partial charge in [0, 0.05) is 25.1 Å². The fraction of sp³-hybridized carbons (Fsp3) is 0.207. The third-order valence-electron chi connectivity index (χ3n) is 6.49. The first kappa shape index (κ1) is 29.2. The molecule has 0 saturated heterocycles. The number of nitrogens with zero attached hydrogens (tertiary/aromatic N) is 1. The minimum absolute atomic E-state index is 0.00255. The molecule has 1 aliphatic heterocycles. The molecule has 0 radical (unpaired) electrons. The Balaban J connectivity index is 1.40. The van der Waals surface area contributed by atoms with Gasteiger partial charge in [-0.1, -0.05) is 65.7 Å². The van der Waals surface area contributed by atoms with Gasteiger partial charge in [-0.2, -0.15) is 13.2 Å². The number of aliphatic carboxylic acids is 1. The number of hydrogen-bond donors (Lipinski definition) is 2. The summed E-state index contributed by atoms with van der Waals surface area (Å²) in [5.74, 6) is -2.39. The van der Waals surface area contributed by atoms with Gasteiger partial charge in [0.25, 0.3) is 11.8 Å². The topological polar surface area (TPSA) is 86.7 Å². The van der Waals surface area contributed by atoms with E-state index in [1.807, 2.05) is 18.2 Å². The summed E-state index contributed by atoms with van der Waals surface area (Å²) in [7, 11) is 0. The van der Waals surface area contributed by atoms with E-state index in [4.69, 9.17) is 23.2 Å². The fourth-order valence-corrected chi connectivity index (χ4v) is 4.93. The molecule has 0 aliphatic carbocycles. The van der Waals surface area contributed by atoms with E-state index in [0.29, 0.717) is 18.5 Å². The number of carboxylic acids is 1. The lowest BCUT2D eigenvalue weighted by Crippen LogP contribution is -2.42. The first-order chi connectivity index (χ1) is 18.9. The largest absolute Gasteiger partial charge is 0.480 e. The molecule has 1 atom stereocenters. The Morgan fingerprint density at radius 3 is 2.20 bits per heavy atom. The first-order valence-corrected chi connectivity index (χ1v) is 12.9. The van der Waals surface area contributed by atoms with Crippen LogP contribution >= 0.6 is 23.2 Å². The molecule has 3 aromatic rings. The molecule has 0 bridgehead atoms. The van der Waals surface area contributed by atoms with E-state index in [9.17, 15) is 32.7 Å². The van der Waals surface area contributed by atoms with Gasteiger partial charge < -0.3 is 15.3 Å². The molecule has 11 heteroatoms. The van der Waals surface area contributed by atoms with E-state index >= 15 is 0 Å². The highest BCUT2D eigenvalue weighted by Crippen LogP contribution is 2.30. The maximum absolute atomic E-state index is 13.0. The van der Waals surface area contributed by atoms with Crippen molar-refractivity contribution in [3.8, 4) is 0 Å². The third kappa shape index (κ3) is 6.84. The van der Waals surface area contributed by atoms with Crippen LogP contribution in [0.2, 0.25) is 10.0 Å². The molecule has 208 valence electrons. The second kappa shape index (κ2) is 12.1. The standard InChI is InChI=1S/C29H23Cl2F3N2O4/c30-22-5-2-6-23(31)25(22)26(37)35-24(28(39)40)15-17-7-9-18(10-8-17)19-11-13-36(14-12-19)27(38)20-3-1-4-21(16-20)29(32,33)34/h1-11,16,24H,12-15H2,(H,35,37)(H,39,40)/t24-/m0/s1. The summed E-state index contributed by atoms with van der Waals surface area (Å²) < 4.78 is 39.0. The van der Waals surface area contributed by atoms with Crippen molar-refractivity contribution in [2.75, 3.05) is 13.1 Å². The summed E-state index contributed by atoms with van der Waals surface area (Å²) in [6.07, 6.45) is -2.17. The zero-order valence-corrected chi connectivity index (χ0v) is 22.4. The minimum Gasteiger partial charge on any atom is -0.480 e. The Morgan fingerprint density at radius 1 is 0.975 bits per heavy atom. The number of alkyl halides is 3. The Morgan fingerprint density at radius 2 is 1.62 bits per heavy atom. The first-order valence-electron chi connectivity index (χ1n) is 12.2. The highest BCUT2D eigenvalue weighted by molar-refractivity contribution is 6.39. The van der Waals surface area contributed by atoms with Gasteiger partial charge in [0.05, 0.1) is 21.2 Å². The third-order valence-corrected chi connectivity index (χ3v) is 7.12. The maximum Gasteiger partial charge on any atom is 0.416 e. The van der Waals surface area contributed by atoms with Crippen LogP contribution in [0.15, 0.2) is 72.8 Å². The molecule has 4 rings (SSSR count). The van der Waals surface area contributed by atoms with Crippen LogP contribution in [0.1, 0.15) is 43.8 Å². The van der Waals surface area contributed by atoms with Crippen molar-refractivity contribution in [3.63, 3.8) is 0 Å². The number of carbonyl (C=O) groups is 3. The summed E-state index contributed by atoms with van der Waals surface area (Å²) in [5, 5.41) is 12.3. The lowest BCUT2D eigenvalue weighted by molar-refractivity contribution is -0.139. The van der Waals surface area contributed by atoms with E-state index in [-0.39, 0.29) is 34.1 Å². The van der Waals surface area contributed by atoms with Crippen LogP contribution < -0.4 is 5.32 Å². The maximum atomic E-state index is 13.0. The van der Waals surface area contributed by atoms with Gasteiger partial charge in [-0.15, -0.1) is 0 Å². The van der Waals surface area contributed by atoms with Crippen molar-refractivity contribution in [1.82, 2.24) is 10.2 Å². The number of nitrogens with one attached hydrogen (secondary N) is 1. The summed E-state index contributed by atoms with van der Waals surface area (Å²) in [4.78, 5) is 38.7. The van der Waals surface area contributed by atoms with Gasteiger partial charge in [-0.25, -0.2) is 4.79 Å². The normalized spacial score (nSPS) is 14.3. The molecule has 3 aromatic carbocycles. The average molecular weight is 591 g/mol. The fourth-order valence-electron chi connectivity index (χ4n) is 4.36. The molecule has 0 spiro atoms. The van der Waals surface area contributed by atoms with Crippen molar-refractivity contribution in [3.05, 3.63) is 111 Å². The molecule has 0 unspecified atom stereocenters. The number of hydrogen-bond acceptors (Lipinski definition) is 3. The highest BCUT2D eigenvalue weighted by atomic mass is 35.5. The smallest absolute Gasteiger partial charge is 0.416 e. The molecule has 40 heavy (non-hydrogen) atoms. The second-order valence-corrected chi connectivity index (χ2v) is 9.99. The SMILES string of the molecule is O=C(N[C@@H](Cc1ccc(C2=CCN(C(=O)c3cccc(C(F)(F)F)c3)CC2)cc1)C(=O)O)c1c(Cl)cccc1Cl. The molecule has 1 heterocycles. The average Bonchev–Trinajstić information content (AvgIpc) is 2.92. The number of rotatable bonds is 7. The number of carbonyl (C=O) groups excluding carboxylic acids is 2. The van der Waals surface area contributed by atoms with Crippen molar-refractivity contribution in [2.24, 2.45) is 0 Å². The van der Waals surface area contributed by atoms with Crippen LogP contribution in [-0.2, 0) is 17.4 Å². The lowest BCUT2D eigenvalue weighted by atomic mass is 9.96. The highest BCUT2D eigenvalue weighted by Gasteiger charge is 2.31. The molecule has 0 fully saturated rings. The van der Waals surface area contributed by atoms with Crippen LogP contribution in [0.3, 0.4) is 0 Å². The predicted molar refractivity (Wildman–Crippen MR) is 145 cm³/mol. The number of halogens is 5. The van der Waals surface area contributed by atoms with Crippen LogP contribution in [-0.4, -0.2) is 46.9 Å². The van der Waals surface area contributed by atoms with E-state index in [1.165, 1.54) is 29.2 Å². The van der Waals surface area contributed by atoms with E-state index in [0.717, 1.165) is 23.3 Å². The zero-order valence-electron chi connectivity index (χ0n) is 20.8. The number of benzene rings is 3. The molecular formula is C29H23Cl2F3N2O4. The molecule has 0 aromatic heterocycles. The van der Waals surface area contributed by atoms with Gasteiger partial charge in [0.15, 0.2) is 0 Å². The van der Waals surface area contributed by atoms with Crippen LogP contribution in [0.4, 0.5) is 13.2 Å². The van der Waals surface area contributed by atoms with Gasteiger partial charge in [-0.05, 0) is 53.5 Å². The second-order valence-electron chi connectivity index (χ2n) is 9.17. The van der Waals surface area contributed by atoms with Crippen molar-refractivity contribution in [1.29, 1.82) is 0 Å². The summed E-state index contributed by atoms with van der Waals surface area (Å²) in [5.41, 5.74) is 1.60. The van der Waals surface area contributed by atoms with Crippen molar-refractivity contribution in [2.45, 2.75) is 25.1 Å². The lowest BCUT2D eigenvalue weighted by Gasteiger charge is -2.27. The van der Waals surface area contributed by atoms with Crippen molar-refractivity contribution >= 4 is 46.6 Å². The zero-order chi connectivity index (χ0) is 29.0. The Kier molecular flexibility index (Phi) is 8.85. The quantitative estimate of drug-likeness (QED) is 0.335. The monoisotopic (exact) mass is 590 g/mol. The van der Waals surface area contributed by atoms with Crippen LogP contribution in [0, 0.1) is 0 Å². The summed E-state index contributed by atoms with van der Waals surface area (Å²) in [6, 6.07) is 14.8. The van der Waals surface area contributed by atoms with Crippen LogP contribution in [0.5, 0.6) is 0 Å². The Hall–Kier alpha value is -3.82. The van der Waals surface area contributed by atoms with E-state index in [1.54, 1.807) is 18.2 Å². The van der Waals surface area contributed by atoms with Crippen LogP contribution in [0.25, 0.3) is 5.57 Å². The molecule has 6 nitrogen and oxygen atoms in total. The Labute approximate surface area is 238 Å². The van der Waals surface area contributed by atoms with E-state index in [2.05, 4.69) is 5.32 Å². The van der Waals surface area contributed by atoms with Gasteiger partial charge in [-0.3, -0.25) is 9.59 Å². The summed E-state index contributed by atoms with van der Waals surface area (Å²) in [6.45, 7) is 0.574.